The fourth-order valence-corrected chi connectivity index (χ4v) is 1.51. The third kappa shape index (κ3) is 3.22. The van der Waals surface area contributed by atoms with Gasteiger partial charge >= 0.3 is 12.0 Å². The van der Waals surface area contributed by atoms with E-state index in [-0.39, 0.29) is 6.61 Å². The number of cyclic esters (lactones) is 1. The molecule has 0 spiro atoms. The quantitative estimate of drug-likeness (QED) is 0.790. The van der Waals surface area contributed by atoms with Crippen molar-refractivity contribution in [2.45, 2.75) is 0 Å². The van der Waals surface area contributed by atoms with Gasteiger partial charge in [0.25, 0.3) is 0 Å². The van der Waals surface area contributed by atoms with E-state index in [9.17, 15) is 9.59 Å². The molecule has 0 saturated carbocycles. The van der Waals surface area contributed by atoms with E-state index in [1.54, 1.807) is 24.3 Å². The number of benzene rings is 1. The second-order valence-electron chi connectivity index (χ2n) is 3.37. The highest BCUT2D eigenvalue weighted by Gasteiger charge is 2.14. The van der Waals surface area contributed by atoms with Crippen LogP contribution in [0.1, 0.15) is 0 Å². The van der Waals surface area contributed by atoms with Gasteiger partial charge in [0, 0.05) is 16.8 Å². The number of amides is 2. The van der Waals surface area contributed by atoms with Gasteiger partial charge in [0.15, 0.2) is 0 Å². The lowest BCUT2D eigenvalue weighted by atomic mass is 10.3. The Morgan fingerprint density at radius 3 is 2.82 bits per heavy atom. The third-order valence-electron chi connectivity index (χ3n) is 2.02. The summed E-state index contributed by atoms with van der Waals surface area (Å²) < 4.78 is 4.64. The molecule has 0 fully saturated rings. The maximum absolute atomic E-state index is 11.5. The van der Waals surface area contributed by atoms with Crippen LogP contribution in [0.4, 0.5) is 10.5 Å². The monoisotopic (exact) mass is 252 g/mol. The van der Waals surface area contributed by atoms with E-state index < -0.39 is 12.0 Å². The standard InChI is InChI=1S/C11H9ClN2O3/c12-7-2-1-3-8(4-7)13-11(16)14-9-5-10(15)17-6-9/h1-5H,6H2,(H2,13,14,16). The van der Waals surface area contributed by atoms with E-state index in [0.29, 0.717) is 16.4 Å². The first kappa shape index (κ1) is 11.5. The number of nitrogens with one attached hydrogen (secondary N) is 2. The highest BCUT2D eigenvalue weighted by Crippen LogP contribution is 2.14. The lowest BCUT2D eigenvalue weighted by molar-refractivity contribution is -0.134. The molecule has 0 unspecified atom stereocenters. The van der Waals surface area contributed by atoms with Crippen molar-refractivity contribution in [1.29, 1.82) is 0 Å². The Hall–Kier alpha value is -2.01. The van der Waals surface area contributed by atoms with Crippen molar-refractivity contribution in [3.8, 4) is 0 Å². The predicted octanol–water partition coefficient (Wildman–Crippen LogP) is 1.90. The smallest absolute Gasteiger partial charge is 0.333 e. The molecule has 1 aromatic rings. The first-order chi connectivity index (χ1) is 8.13. The van der Waals surface area contributed by atoms with E-state index in [0.717, 1.165) is 0 Å². The molecule has 0 aromatic heterocycles. The van der Waals surface area contributed by atoms with Crippen LogP contribution < -0.4 is 10.6 Å². The van der Waals surface area contributed by atoms with Crippen LogP contribution in [0.5, 0.6) is 0 Å². The summed E-state index contributed by atoms with van der Waals surface area (Å²) in [4.78, 5) is 22.3. The third-order valence-corrected chi connectivity index (χ3v) is 2.25. The van der Waals surface area contributed by atoms with Crippen molar-refractivity contribution in [2.24, 2.45) is 0 Å². The van der Waals surface area contributed by atoms with Crippen LogP contribution in [0.2, 0.25) is 5.02 Å². The van der Waals surface area contributed by atoms with Gasteiger partial charge in [-0.2, -0.15) is 0 Å². The SMILES string of the molecule is O=C(NC1=CC(=O)OC1)Nc1cccc(Cl)c1. The fourth-order valence-electron chi connectivity index (χ4n) is 1.32. The Morgan fingerprint density at radius 1 is 1.35 bits per heavy atom. The second-order valence-corrected chi connectivity index (χ2v) is 3.80. The molecule has 88 valence electrons. The molecule has 2 N–H and O–H groups in total. The summed E-state index contributed by atoms with van der Waals surface area (Å²) in [5.74, 6) is -0.456. The lowest BCUT2D eigenvalue weighted by Gasteiger charge is -2.07. The molecule has 1 aliphatic heterocycles. The average molecular weight is 253 g/mol. The zero-order valence-corrected chi connectivity index (χ0v) is 9.45. The zero-order chi connectivity index (χ0) is 12.3. The van der Waals surface area contributed by atoms with Crippen LogP contribution in [0, 0.1) is 0 Å². The molecule has 0 bridgehead atoms. The Morgan fingerprint density at radius 2 is 2.18 bits per heavy atom. The molecule has 1 aliphatic rings. The van der Waals surface area contributed by atoms with E-state index in [1.165, 1.54) is 6.08 Å². The highest BCUT2D eigenvalue weighted by atomic mass is 35.5. The Bertz CT molecular complexity index is 499. The summed E-state index contributed by atoms with van der Waals surface area (Å²) in [5.41, 5.74) is 0.996. The van der Waals surface area contributed by atoms with Crippen molar-refractivity contribution in [3.05, 3.63) is 41.1 Å². The number of rotatable bonds is 2. The van der Waals surface area contributed by atoms with Gasteiger partial charge in [0.2, 0.25) is 0 Å². The molecule has 5 nitrogen and oxygen atoms in total. The van der Waals surface area contributed by atoms with Crippen LogP contribution in [0.3, 0.4) is 0 Å². The first-order valence-corrected chi connectivity index (χ1v) is 5.22. The van der Waals surface area contributed by atoms with Crippen molar-refractivity contribution in [3.63, 3.8) is 0 Å². The van der Waals surface area contributed by atoms with Crippen molar-refractivity contribution in [1.82, 2.24) is 5.32 Å². The first-order valence-electron chi connectivity index (χ1n) is 4.84. The summed E-state index contributed by atoms with van der Waals surface area (Å²) in [6.45, 7) is 0.0851. The maximum atomic E-state index is 11.5. The topological polar surface area (TPSA) is 67.4 Å². The molecule has 2 rings (SSSR count). The van der Waals surface area contributed by atoms with Crippen molar-refractivity contribution < 1.29 is 14.3 Å². The number of anilines is 1. The van der Waals surface area contributed by atoms with Crippen LogP contribution in [-0.4, -0.2) is 18.6 Å². The number of carbonyl (C=O) groups is 2. The van der Waals surface area contributed by atoms with Crippen LogP contribution >= 0.6 is 11.6 Å². The van der Waals surface area contributed by atoms with Crippen molar-refractivity contribution >= 4 is 29.3 Å². The average Bonchev–Trinajstić information content (AvgIpc) is 2.63. The second kappa shape index (κ2) is 4.88. The number of halogens is 1. The Kier molecular flexibility index (Phi) is 3.30. The van der Waals surface area contributed by atoms with Gasteiger partial charge in [-0.15, -0.1) is 0 Å². The largest absolute Gasteiger partial charge is 0.456 e. The number of urea groups is 1. The van der Waals surface area contributed by atoms with E-state index in [1.807, 2.05) is 0 Å². The molecule has 1 aromatic carbocycles. The lowest BCUT2D eigenvalue weighted by Crippen LogP contribution is -2.28. The zero-order valence-electron chi connectivity index (χ0n) is 8.70. The number of hydrogen-bond donors (Lipinski definition) is 2. The molecule has 17 heavy (non-hydrogen) atoms. The minimum absolute atomic E-state index is 0.0851. The molecular weight excluding hydrogens is 244 g/mol. The molecule has 6 heteroatoms. The van der Waals surface area contributed by atoms with E-state index in [2.05, 4.69) is 15.4 Å². The van der Waals surface area contributed by atoms with Crippen LogP contribution in [0.15, 0.2) is 36.0 Å². The predicted molar refractivity (Wildman–Crippen MR) is 62.6 cm³/mol. The number of esters is 1. The number of hydrogen-bond acceptors (Lipinski definition) is 3. The molecule has 0 radical (unpaired) electrons. The van der Waals surface area contributed by atoms with Crippen LogP contribution in [0.25, 0.3) is 0 Å². The normalized spacial score (nSPS) is 13.9. The van der Waals surface area contributed by atoms with E-state index >= 15 is 0 Å². The van der Waals surface area contributed by atoms with E-state index in [4.69, 9.17) is 11.6 Å². The molecule has 1 heterocycles. The number of carbonyl (C=O) groups excluding carboxylic acids is 2. The summed E-state index contributed by atoms with van der Waals surface area (Å²) in [7, 11) is 0. The molecule has 0 atom stereocenters. The maximum Gasteiger partial charge on any atom is 0.333 e. The van der Waals surface area contributed by atoms with Crippen LogP contribution in [-0.2, 0) is 9.53 Å². The van der Waals surface area contributed by atoms with Gasteiger partial charge in [0.1, 0.15) is 6.61 Å². The Labute approximate surface area is 102 Å². The molecule has 0 saturated heterocycles. The molecular formula is C11H9ClN2O3. The summed E-state index contributed by atoms with van der Waals surface area (Å²) in [5, 5.41) is 5.61. The van der Waals surface area contributed by atoms with Gasteiger partial charge in [-0.3, -0.25) is 0 Å². The van der Waals surface area contributed by atoms with Crippen molar-refractivity contribution in [2.75, 3.05) is 11.9 Å². The minimum Gasteiger partial charge on any atom is -0.456 e. The summed E-state index contributed by atoms with van der Waals surface area (Å²) in [6.07, 6.45) is 1.23. The Balaban J connectivity index is 1.94. The summed E-state index contributed by atoms with van der Waals surface area (Å²) in [6, 6.07) is 6.30. The van der Waals surface area contributed by atoms with Gasteiger partial charge in [-0.1, -0.05) is 17.7 Å². The minimum atomic E-state index is -0.456. The molecule has 0 aliphatic carbocycles. The number of ether oxygens (including phenoxy) is 1. The van der Waals surface area contributed by atoms with Gasteiger partial charge in [-0.05, 0) is 18.2 Å². The highest BCUT2D eigenvalue weighted by molar-refractivity contribution is 6.30. The fraction of sp³-hybridized carbons (Fsp3) is 0.0909. The van der Waals surface area contributed by atoms with Gasteiger partial charge in [-0.25, -0.2) is 9.59 Å². The molecule has 2 amide bonds. The van der Waals surface area contributed by atoms with Gasteiger partial charge in [0.05, 0.1) is 5.70 Å². The van der Waals surface area contributed by atoms with Gasteiger partial charge < -0.3 is 15.4 Å². The summed E-state index contributed by atoms with van der Waals surface area (Å²) >= 11 is 5.77.